The number of carbonyl (C=O) groups is 2. The van der Waals surface area contributed by atoms with E-state index in [9.17, 15) is 9.59 Å². The van der Waals surface area contributed by atoms with E-state index in [4.69, 9.17) is 14.2 Å². The highest BCUT2D eigenvalue weighted by Crippen LogP contribution is 2.58. The largest absolute Gasteiger partial charge is 0.458 e. The third-order valence-corrected chi connectivity index (χ3v) is 7.45. The highest BCUT2D eigenvalue weighted by molar-refractivity contribution is 5.97. The molecule has 5 atom stereocenters. The molecule has 0 aliphatic heterocycles. The van der Waals surface area contributed by atoms with E-state index in [-0.39, 0.29) is 47.8 Å². The SMILES string of the molecule is COCOC(C)(C)C#CC(=O)[C@@H](C)[C@H]1CC[C@H]2[C@@H](OC(=O)c3ccccc3)CCC[C@]12C. The van der Waals surface area contributed by atoms with Crippen LogP contribution in [0.5, 0.6) is 0 Å². The van der Waals surface area contributed by atoms with E-state index in [0.29, 0.717) is 5.56 Å². The lowest BCUT2D eigenvalue weighted by Gasteiger charge is -2.45. The van der Waals surface area contributed by atoms with Gasteiger partial charge in [-0.1, -0.05) is 38.0 Å². The number of esters is 1. The number of ketones is 1. The molecular weight excluding hydrogens is 404 g/mol. The zero-order valence-electron chi connectivity index (χ0n) is 20.0. The van der Waals surface area contributed by atoms with Crippen LogP contribution in [0.2, 0.25) is 0 Å². The minimum atomic E-state index is -0.741. The van der Waals surface area contributed by atoms with Gasteiger partial charge in [0.1, 0.15) is 18.5 Å². The van der Waals surface area contributed by atoms with Crippen LogP contribution in [0.3, 0.4) is 0 Å². The van der Waals surface area contributed by atoms with Crippen molar-refractivity contribution < 1.29 is 23.8 Å². The molecule has 2 saturated carbocycles. The fraction of sp³-hybridized carbons (Fsp3) is 0.630. The molecule has 0 spiro atoms. The Morgan fingerprint density at radius 3 is 2.59 bits per heavy atom. The van der Waals surface area contributed by atoms with E-state index in [1.54, 1.807) is 19.2 Å². The van der Waals surface area contributed by atoms with Gasteiger partial charge in [0, 0.05) is 18.9 Å². The second-order valence-corrected chi connectivity index (χ2v) is 9.96. The molecular formula is C27H36O5. The smallest absolute Gasteiger partial charge is 0.338 e. The predicted octanol–water partition coefficient (Wildman–Crippen LogP) is 5.04. The number of methoxy groups -OCH3 is 1. The quantitative estimate of drug-likeness (QED) is 0.257. The molecule has 2 aliphatic rings. The van der Waals surface area contributed by atoms with E-state index in [1.165, 1.54) is 0 Å². The van der Waals surface area contributed by atoms with Crippen molar-refractivity contribution in [2.24, 2.45) is 23.2 Å². The van der Waals surface area contributed by atoms with Crippen LogP contribution in [0.25, 0.3) is 0 Å². The first-order valence-electron chi connectivity index (χ1n) is 11.6. The maximum atomic E-state index is 13.0. The van der Waals surface area contributed by atoms with Gasteiger partial charge in [0.15, 0.2) is 0 Å². The fourth-order valence-corrected chi connectivity index (χ4v) is 5.65. The number of fused-ring (bicyclic) bond motifs is 1. The molecule has 0 aromatic heterocycles. The van der Waals surface area contributed by atoms with Crippen molar-refractivity contribution in [3.63, 3.8) is 0 Å². The molecule has 2 fully saturated rings. The van der Waals surface area contributed by atoms with Crippen molar-refractivity contribution in [3.05, 3.63) is 35.9 Å². The number of ether oxygens (including phenoxy) is 3. The summed E-state index contributed by atoms with van der Waals surface area (Å²) in [5.74, 6) is 5.84. The molecule has 5 heteroatoms. The molecule has 2 aliphatic carbocycles. The molecule has 3 rings (SSSR count). The van der Waals surface area contributed by atoms with E-state index < -0.39 is 5.60 Å². The maximum Gasteiger partial charge on any atom is 0.338 e. The van der Waals surface area contributed by atoms with E-state index in [0.717, 1.165) is 32.1 Å². The Morgan fingerprint density at radius 1 is 1.19 bits per heavy atom. The van der Waals surface area contributed by atoms with Gasteiger partial charge in [0.05, 0.1) is 5.56 Å². The monoisotopic (exact) mass is 440 g/mol. The van der Waals surface area contributed by atoms with Gasteiger partial charge in [0.2, 0.25) is 5.78 Å². The van der Waals surface area contributed by atoms with Crippen LogP contribution in [-0.4, -0.2) is 37.4 Å². The van der Waals surface area contributed by atoms with Gasteiger partial charge in [0.25, 0.3) is 0 Å². The van der Waals surface area contributed by atoms with Crippen molar-refractivity contribution in [1.82, 2.24) is 0 Å². The van der Waals surface area contributed by atoms with Gasteiger partial charge in [-0.3, -0.25) is 4.79 Å². The number of benzene rings is 1. The summed E-state index contributed by atoms with van der Waals surface area (Å²) in [6, 6.07) is 9.17. The molecule has 0 amide bonds. The second-order valence-electron chi connectivity index (χ2n) is 9.96. The first-order valence-corrected chi connectivity index (χ1v) is 11.6. The number of hydrogen-bond donors (Lipinski definition) is 0. The molecule has 1 aromatic carbocycles. The van der Waals surface area contributed by atoms with Gasteiger partial charge in [-0.25, -0.2) is 4.79 Å². The number of carbonyl (C=O) groups excluding carboxylic acids is 2. The Morgan fingerprint density at radius 2 is 1.91 bits per heavy atom. The van der Waals surface area contributed by atoms with Crippen LogP contribution in [0, 0.1) is 35.0 Å². The van der Waals surface area contributed by atoms with Crippen LogP contribution >= 0.6 is 0 Å². The maximum absolute atomic E-state index is 13.0. The number of hydrogen-bond acceptors (Lipinski definition) is 5. The minimum absolute atomic E-state index is 0.0291. The Hall–Kier alpha value is -2.16. The Kier molecular flexibility index (Phi) is 7.79. The summed E-state index contributed by atoms with van der Waals surface area (Å²) in [6.07, 6.45) is 4.77. The molecule has 0 saturated heterocycles. The molecule has 5 nitrogen and oxygen atoms in total. The lowest BCUT2D eigenvalue weighted by atomic mass is 9.61. The van der Waals surface area contributed by atoms with Crippen LogP contribution in [0.15, 0.2) is 30.3 Å². The second kappa shape index (κ2) is 10.2. The summed E-state index contributed by atoms with van der Waals surface area (Å²) in [4.78, 5) is 25.6. The zero-order valence-corrected chi connectivity index (χ0v) is 20.0. The topological polar surface area (TPSA) is 61.8 Å². The molecule has 0 unspecified atom stereocenters. The molecule has 32 heavy (non-hydrogen) atoms. The van der Waals surface area contributed by atoms with Crippen molar-refractivity contribution >= 4 is 11.8 Å². The van der Waals surface area contributed by atoms with Crippen molar-refractivity contribution in [1.29, 1.82) is 0 Å². The lowest BCUT2D eigenvalue weighted by molar-refractivity contribution is -0.121. The Balaban J connectivity index is 1.69. The Labute approximate surface area is 192 Å². The van der Waals surface area contributed by atoms with Gasteiger partial charge in [-0.2, -0.15) is 0 Å². The Bertz CT molecular complexity index is 865. The van der Waals surface area contributed by atoms with Gasteiger partial charge >= 0.3 is 5.97 Å². The van der Waals surface area contributed by atoms with Crippen molar-refractivity contribution in [2.75, 3.05) is 13.9 Å². The highest BCUT2D eigenvalue weighted by Gasteiger charge is 2.54. The number of Topliss-reactive ketones (excluding diaryl/α,β-unsaturated/α-hetero) is 1. The summed E-state index contributed by atoms with van der Waals surface area (Å²) in [5, 5.41) is 0. The first-order chi connectivity index (χ1) is 15.2. The summed E-state index contributed by atoms with van der Waals surface area (Å²) >= 11 is 0. The normalized spacial score (nSPS) is 28.2. The average Bonchev–Trinajstić information content (AvgIpc) is 3.14. The molecule has 0 bridgehead atoms. The molecule has 1 aromatic rings. The first kappa shape index (κ1) is 24.5. The lowest BCUT2D eigenvalue weighted by Crippen LogP contribution is -2.44. The summed E-state index contributed by atoms with van der Waals surface area (Å²) in [5.41, 5.74) is -0.181. The zero-order chi connectivity index (χ0) is 23.4. The minimum Gasteiger partial charge on any atom is -0.458 e. The van der Waals surface area contributed by atoms with E-state index in [1.807, 2.05) is 39.0 Å². The van der Waals surface area contributed by atoms with Crippen LogP contribution in [0.4, 0.5) is 0 Å². The molecule has 0 N–H and O–H groups in total. The average molecular weight is 441 g/mol. The van der Waals surface area contributed by atoms with Gasteiger partial charge < -0.3 is 14.2 Å². The predicted molar refractivity (Wildman–Crippen MR) is 123 cm³/mol. The van der Waals surface area contributed by atoms with Gasteiger partial charge in [-0.05, 0) is 75.3 Å². The molecule has 0 heterocycles. The molecule has 174 valence electrons. The van der Waals surface area contributed by atoms with E-state index >= 15 is 0 Å². The molecule has 0 radical (unpaired) electrons. The highest BCUT2D eigenvalue weighted by atomic mass is 16.7. The summed E-state index contributed by atoms with van der Waals surface area (Å²) in [7, 11) is 1.56. The van der Waals surface area contributed by atoms with E-state index in [2.05, 4.69) is 18.8 Å². The standard InChI is InChI=1S/C27H36O5/c1-19(23(28)15-17-26(2,3)31-18-30-5)21-13-14-22-24(12-9-16-27(21,22)4)32-25(29)20-10-7-6-8-11-20/h6-8,10-11,19,21-22,24H,9,12-14,16,18H2,1-5H3/t19-,21+,22-,24-,27+/m0/s1. The number of rotatable bonds is 7. The summed E-state index contributed by atoms with van der Waals surface area (Å²) in [6.45, 7) is 8.07. The van der Waals surface area contributed by atoms with Crippen LogP contribution < -0.4 is 0 Å². The van der Waals surface area contributed by atoms with Crippen LogP contribution in [-0.2, 0) is 19.0 Å². The van der Waals surface area contributed by atoms with Crippen molar-refractivity contribution in [2.45, 2.75) is 71.5 Å². The van der Waals surface area contributed by atoms with Crippen molar-refractivity contribution in [3.8, 4) is 11.8 Å². The van der Waals surface area contributed by atoms with Crippen LogP contribution in [0.1, 0.15) is 70.2 Å². The van der Waals surface area contributed by atoms with Gasteiger partial charge in [-0.15, -0.1) is 0 Å². The fourth-order valence-electron chi connectivity index (χ4n) is 5.65. The summed E-state index contributed by atoms with van der Waals surface area (Å²) < 4.78 is 16.5. The third-order valence-electron chi connectivity index (χ3n) is 7.45. The third kappa shape index (κ3) is 5.42.